The average Bonchev–Trinajstić information content (AvgIpc) is 3.29. The summed E-state index contributed by atoms with van der Waals surface area (Å²) in [5.74, 6) is 1.68. The lowest BCUT2D eigenvalue weighted by atomic mass is 10.2. The fourth-order valence-electron chi connectivity index (χ4n) is 3.81. The second kappa shape index (κ2) is 10.5. The average molecular weight is 515 g/mol. The Morgan fingerprint density at radius 2 is 2.00 bits per heavy atom. The molecule has 182 valence electrons. The first-order valence-corrected chi connectivity index (χ1v) is 12.3. The second-order valence-electron chi connectivity index (χ2n) is 7.77. The number of ether oxygens (including phenoxy) is 1. The van der Waals surface area contributed by atoms with Gasteiger partial charge in [0.2, 0.25) is 17.2 Å². The highest BCUT2D eigenvalue weighted by atomic mass is 35.5. The van der Waals surface area contributed by atoms with E-state index in [0.717, 1.165) is 41.1 Å². The lowest BCUT2D eigenvalue weighted by molar-refractivity contribution is 0.122. The molecule has 0 bridgehead atoms. The Kier molecular flexibility index (Phi) is 7.06. The maximum absolute atomic E-state index is 11.0. The van der Waals surface area contributed by atoms with Crippen molar-refractivity contribution in [3.8, 4) is 0 Å². The molecule has 0 aliphatic carbocycles. The summed E-state index contributed by atoms with van der Waals surface area (Å²) in [5.41, 5.74) is 3.16. The summed E-state index contributed by atoms with van der Waals surface area (Å²) in [6, 6.07) is 13.3. The van der Waals surface area contributed by atoms with Crippen LogP contribution in [-0.2, 0) is 22.5 Å². The number of para-hydroxylation sites is 1. The first kappa shape index (κ1) is 23.5. The molecule has 1 saturated heterocycles. The van der Waals surface area contributed by atoms with Crippen LogP contribution in [0.25, 0.3) is 10.9 Å². The molecule has 3 heterocycles. The Morgan fingerprint density at radius 3 is 2.83 bits per heavy atom. The third-order valence-electron chi connectivity index (χ3n) is 5.51. The van der Waals surface area contributed by atoms with Gasteiger partial charge in [0, 0.05) is 36.4 Å². The number of fused-ring (bicyclic) bond motifs is 1. The van der Waals surface area contributed by atoms with Crippen LogP contribution in [0, 0.1) is 0 Å². The van der Waals surface area contributed by atoms with Crippen molar-refractivity contribution < 1.29 is 13.5 Å². The minimum Gasteiger partial charge on any atom is -0.378 e. The minimum absolute atomic E-state index is 0.191. The molecule has 0 spiro atoms. The molecule has 4 aromatic rings. The number of rotatable bonds is 8. The summed E-state index contributed by atoms with van der Waals surface area (Å²) in [6.45, 7) is 3.20. The van der Waals surface area contributed by atoms with Crippen molar-refractivity contribution in [2.45, 2.75) is 6.54 Å². The Hall–Kier alpha value is -3.29. The highest BCUT2D eigenvalue weighted by Crippen LogP contribution is 2.29. The number of nitrogens with zero attached hydrogens (tertiary/aromatic N) is 4. The van der Waals surface area contributed by atoms with E-state index in [4.69, 9.17) is 20.9 Å². The zero-order chi connectivity index (χ0) is 24.2. The molecule has 5 N–H and O–H groups in total. The molecule has 0 saturated carbocycles. The van der Waals surface area contributed by atoms with Crippen molar-refractivity contribution in [3.63, 3.8) is 0 Å². The summed E-state index contributed by atoms with van der Waals surface area (Å²) < 4.78 is 27.9. The van der Waals surface area contributed by atoms with E-state index in [1.807, 2.05) is 42.5 Å². The summed E-state index contributed by atoms with van der Waals surface area (Å²) in [5, 5.41) is 15.4. The Balaban J connectivity index is 1.34. The standard InChI is InChI=1S/C22H23ClN8O3S/c23-17-13-24-22(28-20(17)27-18-4-2-1-3-14(18)12-25-35(32)33)26-15-5-6-16-19(11-15)29-30-21(16)31-7-9-34-10-8-31/h1-6,11,13,25H,7-10,12H2,(H,29,30)(H,32,33)(H2,24,26,27,28). The lowest BCUT2D eigenvalue weighted by Gasteiger charge is -2.26. The number of nitrogens with one attached hydrogen (secondary N) is 4. The van der Waals surface area contributed by atoms with E-state index in [1.54, 1.807) is 0 Å². The van der Waals surface area contributed by atoms with Gasteiger partial charge in [-0.25, -0.2) is 13.9 Å². The monoisotopic (exact) mass is 514 g/mol. The largest absolute Gasteiger partial charge is 0.378 e. The molecule has 2 aromatic heterocycles. The van der Waals surface area contributed by atoms with Crippen LogP contribution >= 0.6 is 11.6 Å². The number of hydrogen-bond donors (Lipinski definition) is 5. The fraction of sp³-hybridized carbons (Fsp3) is 0.227. The first-order valence-electron chi connectivity index (χ1n) is 10.9. The molecular weight excluding hydrogens is 492 g/mol. The van der Waals surface area contributed by atoms with Gasteiger partial charge in [-0.15, -0.1) is 0 Å². The van der Waals surface area contributed by atoms with Gasteiger partial charge in [0.15, 0.2) is 11.6 Å². The number of H-pyrrole nitrogens is 1. The summed E-state index contributed by atoms with van der Waals surface area (Å²) in [4.78, 5) is 11.0. The fourth-order valence-corrected chi connectivity index (χ4v) is 4.22. The van der Waals surface area contributed by atoms with Crippen LogP contribution in [0.3, 0.4) is 0 Å². The molecule has 13 heteroatoms. The number of aromatic nitrogens is 4. The van der Waals surface area contributed by atoms with Crippen molar-refractivity contribution in [2.24, 2.45) is 0 Å². The zero-order valence-electron chi connectivity index (χ0n) is 18.5. The quantitative estimate of drug-likeness (QED) is 0.223. The van der Waals surface area contributed by atoms with Crippen molar-refractivity contribution >= 4 is 62.7 Å². The number of morpholine rings is 1. The minimum atomic E-state index is -2.12. The van der Waals surface area contributed by atoms with Crippen LogP contribution < -0.4 is 20.3 Å². The predicted octanol–water partition coefficient (Wildman–Crippen LogP) is 3.56. The van der Waals surface area contributed by atoms with Gasteiger partial charge in [0.05, 0.1) is 24.9 Å². The van der Waals surface area contributed by atoms with Crippen molar-refractivity contribution in [1.82, 2.24) is 24.9 Å². The first-order chi connectivity index (χ1) is 17.1. The number of halogens is 1. The SMILES string of the molecule is O=S(O)NCc1ccccc1Nc1nc(Nc2ccc3c(N4CCOCC4)n[nH]c3c2)ncc1Cl. The van der Waals surface area contributed by atoms with E-state index < -0.39 is 11.3 Å². The molecule has 1 fully saturated rings. The summed E-state index contributed by atoms with van der Waals surface area (Å²) >= 11 is 4.22. The molecule has 5 rings (SSSR count). The van der Waals surface area contributed by atoms with Crippen LogP contribution in [0.4, 0.5) is 29.0 Å². The topological polar surface area (TPSA) is 140 Å². The highest BCUT2D eigenvalue weighted by Gasteiger charge is 2.17. The van der Waals surface area contributed by atoms with E-state index in [1.165, 1.54) is 6.20 Å². The van der Waals surface area contributed by atoms with Gasteiger partial charge in [-0.2, -0.15) is 10.1 Å². The molecule has 11 nitrogen and oxygen atoms in total. The van der Waals surface area contributed by atoms with Gasteiger partial charge in [-0.3, -0.25) is 9.65 Å². The van der Waals surface area contributed by atoms with Gasteiger partial charge >= 0.3 is 0 Å². The van der Waals surface area contributed by atoms with Crippen molar-refractivity contribution in [1.29, 1.82) is 0 Å². The van der Waals surface area contributed by atoms with Gasteiger partial charge in [0.25, 0.3) is 0 Å². The van der Waals surface area contributed by atoms with Crippen LogP contribution in [-0.4, -0.2) is 55.2 Å². The predicted molar refractivity (Wildman–Crippen MR) is 137 cm³/mol. The number of hydrogen-bond acceptors (Lipinski definition) is 8. The van der Waals surface area contributed by atoms with E-state index in [-0.39, 0.29) is 6.54 Å². The van der Waals surface area contributed by atoms with Gasteiger partial charge < -0.3 is 20.3 Å². The molecule has 0 radical (unpaired) electrons. The second-order valence-corrected chi connectivity index (χ2v) is 8.97. The van der Waals surface area contributed by atoms with Crippen molar-refractivity contribution in [2.75, 3.05) is 41.8 Å². The molecule has 1 unspecified atom stereocenters. The number of aromatic amines is 1. The molecule has 1 aliphatic rings. The van der Waals surface area contributed by atoms with Crippen molar-refractivity contribution in [3.05, 3.63) is 59.2 Å². The Morgan fingerprint density at radius 1 is 1.17 bits per heavy atom. The lowest BCUT2D eigenvalue weighted by Crippen LogP contribution is -2.36. The number of anilines is 5. The summed E-state index contributed by atoms with van der Waals surface area (Å²) in [6.07, 6.45) is 1.51. The molecule has 2 aromatic carbocycles. The smallest absolute Gasteiger partial charge is 0.232 e. The van der Waals surface area contributed by atoms with E-state index in [9.17, 15) is 4.21 Å². The van der Waals surface area contributed by atoms with E-state index >= 15 is 0 Å². The normalized spacial score (nSPS) is 14.7. The van der Waals surface area contributed by atoms with Gasteiger partial charge in [-0.1, -0.05) is 29.8 Å². The van der Waals surface area contributed by atoms with E-state index in [0.29, 0.717) is 35.7 Å². The number of benzene rings is 2. The molecule has 1 aliphatic heterocycles. The maximum Gasteiger partial charge on any atom is 0.232 e. The van der Waals surface area contributed by atoms with Crippen LogP contribution in [0.1, 0.15) is 5.56 Å². The highest BCUT2D eigenvalue weighted by molar-refractivity contribution is 7.77. The van der Waals surface area contributed by atoms with Crippen LogP contribution in [0.2, 0.25) is 5.02 Å². The summed E-state index contributed by atoms with van der Waals surface area (Å²) in [7, 11) is 0. The molecular formula is C22H23ClN8O3S. The molecule has 35 heavy (non-hydrogen) atoms. The van der Waals surface area contributed by atoms with E-state index in [2.05, 4.69) is 40.4 Å². The Bertz CT molecular complexity index is 1360. The Labute approximate surface area is 208 Å². The van der Waals surface area contributed by atoms with Crippen LogP contribution in [0.5, 0.6) is 0 Å². The zero-order valence-corrected chi connectivity index (χ0v) is 20.1. The maximum atomic E-state index is 11.0. The van der Waals surface area contributed by atoms with Gasteiger partial charge in [-0.05, 0) is 29.8 Å². The van der Waals surface area contributed by atoms with Crippen LogP contribution in [0.15, 0.2) is 48.7 Å². The third kappa shape index (κ3) is 5.52. The molecule has 0 amide bonds. The third-order valence-corrected chi connectivity index (χ3v) is 6.18. The molecule has 1 atom stereocenters. The van der Waals surface area contributed by atoms with Gasteiger partial charge in [0.1, 0.15) is 5.02 Å².